The topological polar surface area (TPSA) is 118 Å². The van der Waals surface area contributed by atoms with Crippen LogP contribution in [0, 0.1) is 5.41 Å². The standard InChI is InChI=1S/C29H31ClN2O7S/c1-37-22-6-3-5-19(27(22)38-2)26-20-11-17(30)7-8-21(20)32(15-29(16-33)9-4-10-29)28(36)23(39-26)13-24-31-14-18(40-24)12-25(34)35/h3,5-8,11,14,23,26,33H,4,9-10,12-13,15-16H2,1-2H3,(H,34,35)/t23-,26-/m1/s1. The fourth-order valence-electron chi connectivity index (χ4n) is 5.44. The molecule has 2 atom stereocenters. The number of benzene rings is 2. The monoisotopic (exact) mass is 586 g/mol. The number of fused-ring (bicyclic) bond motifs is 1. The van der Waals surface area contributed by atoms with Gasteiger partial charge in [-0.15, -0.1) is 11.3 Å². The average molecular weight is 587 g/mol. The number of hydrogen-bond acceptors (Lipinski definition) is 8. The zero-order valence-corrected chi connectivity index (χ0v) is 23.8. The van der Waals surface area contributed by atoms with Gasteiger partial charge < -0.3 is 29.3 Å². The van der Waals surface area contributed by atoms with Crippen LogP contribution in [-0.2, 0) is 27.2 Å². The van der Waals surface area contributed by atoms with Gasteiger partial charge in [0.05, 0.1) is 32.3 Å². The first kappa shape index (κ1) is 28.4. The Morgan fingerprint density at radius 3 is 2.67 bits per heavy atom. The molecule has 0 spiro atoms. The van der Waals surface area contributed by atoms with Gasteiger partial charge in [0.25, 0.3) is 5.91 Å². The summed E-state index contributed by atoms with van der Waals surface area (Å²) in [5.41, 5.74) is 1.61. The minimum atomic E-state index is -0.952. The van der Waals surface area contributed by atoms with Crippen molar-refractivity contribution >= 4 is 40.5 Å². The number of ether oxygens (including phenoxy) is 3. The summed E-state index contributed by atoms with van der Waals surface area (Å²) in [5.74, 6) is -0.217. The number of carbonyl (C=O) groups excluding carboxylic acids is 1. The van der Waals surface area contributed by atoms with Crippen molar-refractivity contribution in [1.82, 2.24) is 4.98 Å². The highest BCUT2D eigenvalue weighted by Gasteiger charge is 2.44. The van der Waals surface area contributed by atoms with Crippen LogP contribution in [0.5, 0.6) is 11.5 Å². The van der Waals surface area contributed by atoms with E-state index in [2.05, 4.69) is 4.98 Å². The van der Waals surface area contributed by atoms with Gasteiger partial charge >= 0.3 is 5.97 Å². The fraction of sp³-hybridized carbons (Fsp3) is 0.414. The van der Waals surface area contributed by atoms with Crippen LogP contribution in [0.1, 0.15) is 46.4 Å². The molecule has 1 amide bonds. The van der Waals surface area contributed by atoms with Gasteiger partial charge in [-0.1, -0.05) is 30.2 Å². The van der Waals surface area contributed by atoms with Crippen LogP contribution in [0.3, 0.4) is 0 Å². The summed E-state index contributed by atoms with van der Waals surface area (Å²) in [6, 6.07) is 10.8. The summed E-state index contributed by atoms with van der Waals surface area (Å²) in [6.07, 6.45) is 2.46. The molecule has 1 saturated carbocycles. The second kappa shape index (κ2) is 11.7. The summed E-state index contributed by atoms with van der Waals surface area (Å²) in [4.78, 5) is 32.2. The highest BCUT2D eigenvalue weighted by molar-refractivity contribution is 7.11. The fourth-order valence-corrected chi connectivity index (χ4v) is 6.56. The van der Waals surface area contributed by atoms with Gasteiger partial charge in [-0.05, 0) is 37.1 Å². The highest BCUT2D eigenvalue weighted by Crippen LogP contribution is 2.48. The predicted octanol–water partition coefficient (Wildman–Crippen LogP) is 4.67. The number of aromatic nitrogens is 1. The van der Waals surface area contributed by atoms with Gasteiger partial charge in [0.1, 0.15) is 12.2 Å². The summed E-state index contributed by atoms with van der Waals surface area (Å²) in [6.45, 7) is 0.310. The molecule has 5 rings (SSSR count). The number of halogens is 1. The molecular weight excluding hydrogens is 556 g/mol. The molecule has 40 heavy (non-hydrogen) atoms. The number of carboxylic acids is 1. The SMILES string of the molecule is COc1cccc([C@H]2O[C@H](Cc3ncc(CC(=O)O)s3)C(=O)N(CC3(CO)CCC3)c3ccc(Cl)cc32)c1OC. The number of carbonyl (C=O) groups is 2. The minimum absolute atomic E-state index is 0.0244. The van der Waals surface area contributed by atoms with Crippen molar-refractivity contribution < 1.29 is 34.0 Å². The molecule has 2 aromatic carbocycles. The number of aliphatic hydroxyl groups is 1. The van der Waals surface area contributed by atoms with Crippen molar-refractivity contribution in [3.63, 3.8) is 0 Å². The van der Waals surface area contributed by atoms with Crippen molar-refractivity contribution in [3.8, 4) is 11.5 Å². The summed E-state index contributed by atoms with van der Waals surface area (Å²) in [5, 5.41) is 20.5. The van der Waals surface area contributed by atoms with Crippen LogP contribution in [0.15, 0.2) is 42.6 Å². The Hall–Kier alpha value is -3.18. The first-order valence-corrected chi connectivity index (χ1v) is 14.2. The van der Waals surface area contributed by atoms with E-state index < -0.39 is 18.2 Å². The largest absolute Gasteiger partial charge is 0.493 e. The molecule has 9 nitrogen and oxygen atoms in total. The molecule has 0 saturated heterocycles. The Bertz CT molecular complexity index is 1400. The lowest BCUT2D eigenvalue weighted by Crippen LogP contribution is -2.50. The van der Waals surface area contributed by atoms with E-state index >= 15 is 0 Å². The van der Waals surface area contributed by atoms with Crippen LogP contribution in [-0.4, -0.2) is 60.5 Å². The van der Waals surface area contributed by atoms with Crippen molar-refractivity contribution in [2.75, 3.05) is 32.3 Å². The normalized spacial score (nSPS) is 19.9. The van der Waals surface area contributed by atoms with E-state index in [-0.39, 0.29) is 30.8 Å². The molecule has 1 fully saturated rings. The molecule has 0 unspecified atom stereocenters. The van der Waals surface area contributed by atoms with Crippen molar-refractivity contribution in [1.29, 1.82) is 0 Å². The smallest absolute Gasteiger partial charge is 0.308 e. The van der Waals surface area contributed by atoms with Crippen LogP contribution < -0.4 is 14.4 Å². The quantitative estimate of drug-likeness (QED) is 0.352. The van der Waals surface area contributed by atoms with Crippen LogP contribution >= 0.6 is 22.9 Å². The number of nitrogens with zero attached hydrogens (tertiary/aromatic N) is 2. The van der Waals surface area contributed by atoms with Crippen LogP contribution in [0.4, 0.5) is 5.69 Å². The zero-order valence-electron chi connectivity index (χ0n) is 22.3. The van der Waals surface area contributed by atoms with Crippen molar-refractivity contribution in [3.05, 3.63) is 68.6 Å². The number of aliphatic hydroxyl groups excluding tert-OH is 1. The summed E-state index contributed by atoms with van der Waals surface area (Å²) < 4.78 is 17.9. The molecule has 2 aliphatic rings. The Morgan fingerprint density at radius 1 is 1.23 bits per heavy atom. The molecule has 2 heterocycles. The lowest BCUT2D eigenvalue weighted by molar-refractivity contribution is -0.136. The Morgan fingerprint density at radius 2 is 2.02 bits per heavy atom. The molecular formula is C29H31ClN2O7S. The molecule has 2 N–H and O–H groups in total. The van der Waals surface area contributed by atoms with Crippen LogP contribution in [0.2, 0.25) is 5.02 Å². The van der Waals surface area contributed by atoms with Gasteiger partial charge in [-0.2, -0.15) is 0 Å². The lowest BCUT2D eigenvalue weighted by Gasteiger charge is -2.44. The van der Waals surface area contributed by atoms with Crippen LogP contribution in [0.25, 0.3) is 0 Å². The third-order valence-electron chi connectivity index (χ3n) is 7.65. The van der Waals surface area contributed by atoms with E-state index in [0.29, 0.717) is 49.8 Å². The molecule has 0 bridgehead atoms. The number of hydrogen-bond donors (Lipinski definition) is 2. The molecule has 1 aromatic heterocycles. The number of amides is 1. The average Bonchev–Trinajstić information content (AvgIpc) is 3.32. The van der Waals surface area contributed by atoms with E-state index in [0.717, 1.165) is 19.3 Å². The van der Waals surface area contributed by atoms with E-state index in [4.69, 9.17) is 25.8 Å². The third kappa shape index (κ3) is 5.54. The second-order valence-electron chi connectivity index (χ2n) is 10.2. The number of aliphatic carboxylic acids is 1. The Kier molecular flexibility index (Phi) is 8.32. The predicted molar refractivity (Wildman–Crippen MR) is 151 cm³/mol. The molecule has 3 aromatic rings. The zero-order chi connectivity index (χ0) is 28.4. The summed E-state index contributed by atoms with van der Waals surface area (Å²) in [7, 11) is 3.10. The first-order valence-electron chi connectivity index (χ1n) is 13.0. The number of methoxy groups -OCH3 is 2. The van der Waals surface area contributed by atoms with Gasteiger partial charge in [0.15, 0.2) is 11.5 Å². The second-order valence-corrected chi connectivity index (χ2v) is 11.9. The number of carboxylic acid groups (broad SMARTS) is 1. The third-order valence-corrected chi connectivity index (χ3v) is 8.91. The number of anilines is 1. The lowest BCUT2D eigenvalue weighted by atomic mass is 9.69. The van der Waals surface area contributed by atoms with Gasteiger partial charge in [0, 0.05) is 51.3 Å². The van der Waals surface area contributed by atoms with E-state index in [1.165, 1.54) is 17.5 Å². The molecule has 11 heteroatoms. The maximum atomic E-state index is 14.3. The first-order chi connectivity index (χ1) is 19.3. The van der Waals surface area contributed by atoms with E-state index in [9.17, 15) is 19.8 Å². The number of thiazole rings is 1. The highest BCUT2D eigenvalue weighted by atomic mass is 35.5. The molecule has 1 aliphatic heterocycles. The maximum Gasteiger partial charge on any atom is 0.308 e. The van der Waals surface area contributed by atoms with Gasteiger partial charge in [-0.3, -0.25) is 9.59 Å². The van der Waals surface area contributed by atoms with E-state index in [1.54, 1.807) is 37.3 Å². The minimum Gasteiger partial charge on any atom is -0.493 e. The number of para-hydroxylation sites is 1. The molecule has 212 valence electrons. The van der Waals surface area contributed by atoms with Gasteiger partial charge in [-0.25, -0.2) is 4.98 Å². The van der Waals surface area contributed by atoms with Crippen molar-refractivity contribution in [2.45, 2.75) is 44.3 Å². The Balaban J connectivity index is 1.63. The molecule has 1 aliphatic carbocycles. The maximum absolute atomic E-state index is 14.3. The summed E-state index contributed by atoms with van der Waals surface area (Å²) >= 11 is 7.74. The Labute approximate surface area is 241 Å². The van der Waals surface area contributed by atoms with Crippen molar-refractivity contribution in [2.24, 2.45) is 5.41 Å². The number of rotatable bonds is 10. The van der Waals surface area contributed by atoms with E-state index in [1.807, 2.05) is 18.2 Å². The van der Waals surface area contributed by atoms with Gasteiger partial charge in [0.2, 0.25) is 0 Å². The molecule has 0 radical (unpaired) electrons.